The average Bonchev–Trinajstić information content (AvgIpc) is 1.62. The van der Waals surface area contributed by atoms with Crippen molar-refractivity contribution in [1.29, 1.82) is 0 Å². The summed E-state index contributed by atoms with van der Waals surface area (Å²) in [7, 11) is 1.28. The number of alkyl halides is 3. The second-order valence-corrected chi connectivity index (χ2v) is 1.55. The topological polar surface area (TPSA) is 12.0 Å². The molecule has 0 fully saturated rings. The van der Waals surface area contributed by atoms with Gasteiger partial charge >= 0.3 is 6.18 Å². The van der Waals surface area contributed by atoms with E-state index in [1.165, 1.54) is 7.05 Å². The summed E-state index contributed by atoms with van der Waals surface area (Å²) in [5, 5.41) is 2.08. The van der Waals surface area contributed by atoms with Gasteiger partial charge in [-0.1, -0.05) is 0 Å². The van der Waals surface area contributed by atoms with Crippen LogP contribution >= 0.6 is 0 Å². The van der Waals surface area contributed by atoms with E-state index >= 15 is 0 Å². The third kappa shape index (κ3) is 2.16. The van der Waals surface area contributed by atoms with Crippen LogP contribution in [-0.2, 0) is 0 Å². The van der Waals surface area contributed by atoms with Crippen molar-refractivity contribution in [3.05, 3.63) is 0 Å². The molecule has 0 aromatic heterocycles. The second-order valence-electron chi connectivity index (χ2n) is 1.55. The van der Waals surface area contributed by atoms with E-state index in [-0.39, 0.29) is 0 Å². The first-order chi connectivity index (χ1) is 3.48. The normalized spacial score (nSPS) is 16.1. The van der Waals surface area contributed by atoms with E-state index in [2.05, 4.69) is 5.32 Å². The minimum absolute atomic E-state index is 1.07. The number of nitrogens with one attached hydrogen (secondary N) is 1. The maximum Gasteiger partial charge on any atom is 0.403 e. The van der Waals surface area contributed by atoms with Gasteiger partial charge in [-0.25, -0.2) is 0 Å². The van der Waals surface area contributed by atoms with Crippen LogP contribution in [0.15, 0.2) is 0 Å². The van der Waals surface area contributed by atoms with E-state index < -0.39 is 12.2 Å². The van der Waals surface area contributed by atoms with E-state index in [4.69, 9.17) is 0 Å². The molecule has 50 valence electrons. The van der Waals surface area contributed by atoms with Gasteiger partial charge in [0, 0.05) is 0 Å². The Balaban J connectivity index is 3.62. The largest absolute Gasteiger partial charge is 0.403 e. The molecule has 0 aliphatic carbocycles. The predicted molar refractivity (Wildman–Crippen MR) is 24.6 cm³/mol. The van der Waals surface area contributed by atoms with Gasteiger partial charge in [0.1, 0.15) is 6.04 Å². The molecule has 0 heterocycles. The van der Waals surface area contributed by atoms with Crippen LogP contribution in [0.25, 0.3) is 0 Å². The van der Waals surface area contributed by atoms with Gasteiger partial charge in [-0.2, -0.15) is 13.2 Å². The van der Waals surface area contributed by atoms with Crippen LogP contribution in [0.1, 0.15) is 6.92 Å². The second kappa shape index (κ2) is 2.35. The van der Waals surface area contributed by atoms with Gasteiger partial charge in [0.05, 0.1) is 0 Å². The first-order valence-corrected chi connectivity index (χ1v) is 2.22. The zero-order chi connectivity index (χ0) is 6.78. The number of halogens is 3. The Labute approximate surface area is 45.9 Å². The molecule has 1 atom stereocenters. The van der Waals surface area contributed by atoms with E-state index in [9.17, 15) is 13.2 Å². The van der Waals surface area contributed by atoms with Gasteiger partial charge in [-0.3, -0.25) is 0 Å². The minimum atomic E-state index is -4.10. The molecular weight excluding hydrogens is 119 g/mol. The summed E-state index contributed by atoms with van der Waals surface area (Å²) >= 11 is 0. The summed E-state index contributed by atoms with van der Waals surface area (Å²) < 4.78 is 34.2. The molecule has 0 unspecified atom stereocenters. The van der Waals surface area contributed by atoms with Gasteiger partial charge in [0.25, 0.3) is 0 Å². The quantitative estimate of drug-likeness (QED) is 0.557. The number of hydrogen-bond acceptors (Lipinski definition) is 1. The molecule has 0 saturated carbocycles. The summed E-state index contributed by atoms with van der Waals surface area (Å²) in [6.07, 6.45) is -4.10. The summed E-state index contributed by atoms with van der Waals surface area (Å²) in [6.45, 7) is 1.07. The Morgan fingerprint density at radius 3 is 1.75 bits per heavy atom. The van der Waals surface area contributed by atoms with E-state index in [0.717, 1.165) is 6.92 Å². The fourth-order valence-corrected chi connectivity index (χ4v) is 0.164. The molecule has 0 bridgehead atoms. The molecular formula is C4H8F3N. The van der Waals surface area contributed by atoms with Gasteiger partial charge in [0.2, 0.25) is 0 Å². The Morgan fingerprint density at radius 1 is 1.38 bits per heavy atom. The highest BCUT2D eigenvalue weighted by atomic mass is 19.4. The molecule has 0 aromatic carbocycles. The van der Waals surface area contributed by atoms with Crippen molar-refractivity contribution in [1.82, 2.24) is 5.32 Å². The number of rotatable bonds is 1. The molecule has 4 heteroatoms. The van der Waals surface area contributed by atoms with Crippen LogP contribution in [0, 0.1) is 0 Å². The third-order valence-electron chi connectivity index (χ3n) is 0.924. The molecule has 0 aliphatic rings. The highest BCUT2D eigenvalue weighted by Crippen LogP contribution is 2.18. The molecule has 0 amide bonds. The van der Waals surface area contributed by atoms with Crippen molar-refractivity contribution in [3.63, 3.8) is 0 Å². The van der Waals surface area contributed by atoms with Gasteiger partial charge in [-0.15, -0.1) is 0 Å². The van der Waals surface area contributed by atoms with Crippen LogP contribution < -0.4 is 5.32 Å². The Hall–Kier alpha value is -0.250. The van der Waals surface area contributed by atoms with Crippen LogP contribution in [0.4, 0.5) is 13.2 Å². The highest BCUT2D eigenvalue weighted by Gasteiger charge is 2.34. The summed E-state index contributed by atoms with van der Waals surface area (Å²) in [5.74, 6) is 0. The molecule has 0 aliphatic heterocycles. The maximum absolute atomic E-state index is 11.4. The van der Waals surface area contributed by atoms with Gasteiger partial charge in [-0.05, 0) is 14.0 Å². The van der Waals surface area contributed by atoms with Crippen molar-refractivity contribution in [3.8, 4) is 0 Å². The summed E-state index contributed by atoms with van der Waals surface area (Å²) in [4.78, 5) is 0. The summed E-state index contributed by atoms with van der Waals surface area (Å²) in [6, 6.07) is -1.40. The van der Waals surface area contributed by atoms with Crippen molar-refractivity contribution < 1.29 is 13.2 Å². The van der Waals surface area contributed by atoms with E-state index in [1.54, 1.807) is 0 Å². The van der Waals surface area contributed by atoms with E-state index in [1.807, 2.05) is 0 Å². The molecule has 0 radical (unpaired) electrons. The van der Waals surface area contributed by atoms with Crippen molar-refractivity contribution in [2.75, 3.05) is 7.05 Å². The van der Waals surface area contributed by atoms with Crippen LogP contribution in [0.2, 0.25) is 0 Å². The molecule has 1 N–H and O–H groups in total. The molecule has 8 heavy (non-hydrogen) atoms. The molecule has 0 aromatic rings. The Bertz CT molecular complexity index is 68.2. The first kappa shape index (κ1) is 7.75. The molecule has 0 rings (SSSR count). The smallest absolute Gasteiger partial charge is 0.309 e. The van der Waals surface area contributed by atoms with Crippen molar-refractivity contribution in [2.24, 2.45) is 0 Å². The van der Waals surface area contributed by atoms with Crippen molar-refractivity contribution >= 4 is 0 Å². The Morgan fingerprint density at radius 2 is 1.75 bits per heavy atom. The fraction of sp³-hybridized carbons (Fsp3) is 1.00. The Kier molecular flexibility index (Phi) is 2.27. The van der Waals surface area contributed by atoms with Gasteiger partial charge in [0.15, 0.2) is 0 Å². The van der Waals surface area contributed by atoms with Crippen LogP contribution in [0.5, 0.6) is 0 Å². The lowest BCUT2D eigenvalue weighted by molar-refractivity contribution is -0.150. The number of hydrogen-bond donors (Lipinski definition) is 1. The predicted octanol–water partition coefficient (Wildman–Crippen LogP) is 1.16. The minimum Gasteiger partial charge on any atom is -0.309 e. The third-order valence-corrected chi connectivity index (χ3v) is 0.924. The van der Waals surface area contributed by atoms with Crippen LogP contribution in [0.3, 0.4) is 0 Å². The maximum atomic E-state index is 11.4. The molecule has 0 spiro atoms. The molecule has 1 nitrogen and oxygen atoms in total. The molecule has 0 saturated heterocycles. The SMILES string of the molecule is CN[C@H](C)C(F)(F)F. The standard InChI is InChI=1S/C4H8F3N/c1-3(8-2)4(5,6)7/h3,8H,1-2H3/t3-/m1/s1. The van der Waals surface area contributed by atoms with Crippen LogP contribution in [-0.4, -0.2) is 19.3 Å². The highest BCUT2D eigenvalue weighted by molar-refractivity contribution is 4.65. The lowest BCUT2D eigenvalue weighted by atomic mass is 10.3. The summed E-state index contributed by atoms with van der Waals surface area (Å²) in [5.41, 5.74) is 0. The zero-order valence-corrected chi connectivity index (χ0v) is 4.71. The zero-order valence-electron chi connectivity index (χ0n) is 4.71. The van der Waals surface area contributed by atoms with E-state index in [0.29, 0.717) is 0 Å². The monoisotopic (exact) mass is 127 g/mol. The van der Waals surface area contributed by atoms with Gasteiger partial charge < -0.3 is 5.32 Å². The fourth-order valence-electron chi connectivity index (χ4n) is 0.164. The van der Waals surface area contributed by atoms with Crippen molar-refractivity contribution in [2.45, 2.75) is 19.1 Å². The average molecular weight is 127 g/mol. The lowest BCUT2D eigenvalue weighted by Gasteiger charge is -2.13. The first-order valence-electron chi connectivity index (χ1n) is 2.22. The lowest BCUT2D eigenvalue weighted by Crippen LogP contribution is -2.36.